The van der Waals surface area contributed by atoms with Gasteiger partial charge in [0, 0.05) is 29.9 Å². The Kier molecular flexibility index (Phi) is 6.70. The van der Waals surface area contributed by atoms with Crippen molar-refractivity contribution in [1.29, 1.82) is 0 Å². The summed E-state index contributed by atoms with van der Waals surface area (Å²) in [6.07, 6.45) is 3.47. The fourth-order valence-electron chi connectivity index (χ4n) is 6.22. The summed E-state index contributed by atoms with van der Waals surface area (Å²) in [5, 5.41) is 15.8. The van der Waals surface area contributed by atoms with Crippen LogP contribution in [-0.4, -0.2) is 77.4 Å². The van der Waals surface area contributed by atoms with Crippen LogP contribution in [0.5, 0.6) is 5.75 Å². The van der Waals surface area contributed by atoms with Crippen LogP contribution in [0.15, 0.2) is 24.3 Å². The third-order valence-corrected chi connectivity index (χ3v) is 8.04. The van der Waals surface area contributed by atoms with E-state index in [0.29, 0.717) is 31.0 Å². The van der Waals surface area contributed by atoms with E-state index < -0.39 is 36.3 Å². The van der Waals surface area contributed by atoms with Crippen molar-refractivity contribution < 1.29 is 29.0 Å². The zero-order valence-corrected chi connectivity index (χ0v) is 20.3. The maximum absolute atomic E-state index is 13.7. The van der Waals surface area contributed by atoms with Crippen LogP contribution < -0.4 is 15.4 Å². The quantitative estimate of drug-likeness (QED) is 0.430. The highest BCUT2D eigenvalue weighted by Gasteiger charge is 2.50. The number of carbonyl (C=O) groups is 4. The number of rotatable bonds is 8. The van der Waals surface area contributed by atoms with Crippen LogP contribution in [0, 0.1) is 17.8 Å². The van der Waals surface area contributed by atoms with Crippen molar-refractivity contribution in [3.63, 3.8) is 0 Å². The van der Waals surface area contributed by atoms with E-state index in [-0.39, 0.29) is 30.1 Å². The summed E-state index contributed by atoms with van der Waals surface area (Å²) < 4.78 is 5.42. The fourth-order valence-corrected chi connectivity index (χ4v) is 6.22. The van der Waals surface area contributed by atoms with Crippen LogP contribution in [0.4, 0.5) is 0 Å². The van der Waals surface area contributed by atoms with Gasteiger partial charge in [0.15, 0.2) is 5.78 Å². The highest BCUT2D eigenvalue weighted by atomic mass is 16.5. The van der Waals surface area contributed by atoms with Crippen LogP contribution in [0.2, 0.25) is 0 Å². The van der Waals surface area contributed by atoms with E-state index in [1.807, 2.05) is 18.2 Å². The summed E-state index contributed by atoms with van der Waals surface area (Å²) in [6, 6.07) is 5.57. The predicted octanol–water partition coefficient (Wildman–Crippen LogP) is 0.990. The summed E-state index contributed by atoms with van der Waals surface area (Å²) in [6.45, 7) is 0.273. The molecule has 10 heteroatoms. The number of fused-ring (bicyclic) bond motifs is 2. The number of aliphatic hydroxyl groups excluding tert-OH is 1. The minimum atomic E-state index is -0.980. The number of hydrogen-bond acceptors (Lipinski definition) is 6. The Hall–Kier alpha value is -3.40. The molecule has 2 aromatic rings. The number of benzene rings is 1. The molecule has 3 amide bonds. The van der Waals surface area contributed by atoms with E-state index in [1.165, 1.54) is 0 Å². The maximum Gasteiger partial charge on any atom is 0.271 e. The van der Waals surface area contributed by atoms with Gasteiger partial charge >= 0.3 is 0 Å². The minimum Gasteiger partial charge on any atom is -0.496 e. The van der Waals surface area contributed by atoms with Crippen LogP contribution in [-0.2, 0) is 14.4 Å². The fraction of sp³-hybridized carbons (Fsp3) is 0.538. The molecule has 5 atom stereocenters. The van der Waals surface area contributed by atoms with Gasteiger partial charge < -0.3 is 30.4 Å². The van der Waals surface area contributed by atoms with E-state index in [4.69, 9.17) is 4.74 Å². The van der Waals surface area contributed by atoms with Gasteiger partial charge in [-0.25, -0.2) is 0 Å². The number of aromatic amines is 1. The molecule has 192 valence electrons. The summed E-state index contributed by atoms with van der Waals surface area (Å²) in [5.41, 5.74) is 1.14. The number of likely N-dealkylation sites (tertiary alicyclic amines) is 1. The predicted molar refractivity (Wildman–Crippen MR) is 130 cm³/mol. The first kappa shape index (κ1) is 24.3. The molecule has 4 N–H and O–H groups in total. The molecule has 2 saturated heterocycles. The zero-order chi connectivity index (χ0) is 25.4. The van der Waals surface area contributed by atoms with Gasteiger partial charge in [0.05, 0.1) is 13.2 Å². The Morgan fingerprint density at radius 2 is 2.08 bits per heavy atom. The molecule has 0 spiro atoms. The normalized spacial score (nSPS) is 26.1. The largest absolute Gasteiger partial charge is 0.496 e. The average molecular weight is 497 g/mol. The highest BCUT2D eigenvalue weighted by Crippen LogP contribution is 2.43. The van der Waals surface area contributed by atoms with Crippen molar-refractivity contribution in [3.8, 4) is 5.75 Å². The lowest BCUT2D eigenvalue weighted by Crippen LogP contribution is -2.53. The molecule has 36 heavy (non-hydrogen) atoms. The van der Waals surface area contributed by atoms with Crippen LogP contribution in [0.25, 0.3) is 10.9 Å². The van der Waals surface area contributed by atoms with Gasteiger partial charge in [0.2, 0.25) is 11.8 Å². The number of nitrogens with one attached hydrogen (secondary N) is 3. The number of Topliss-reactive ketones (excluding diaryl/α,β-unsaturated/α-hetero) is 1. The van der Waals surface area contributed by atoms with Gasteiger partial charge in [0.25, 0.3) is 5.91 Å². The third kappa shape index (κ3) is 4.34. The SMILES string of the molecule is COc1cccc2[nH]c(C(=O)N3CC4CCCC4[C@H]3C(=O)NC(C[C@@H]3CCNC3=O)C(=O)CO)cc12. The Morgan fingerprint density at radius 1 is 1.25 bits per heavy atom. The van der Waals surface area contributed by atoms with E-state index >= 15 is 0 Å². The molecule has 2 aliphatic heterocycles. The molecule has 1 aromatic carbocycles. The Morgan fingerprint density at radius 3 is 2.81 bits per heavy atom. The Balaban J connectivity index is 1.39. The van der Waals surface area contributed by atoms with Crippen molar-refractivity contribution in [3.05, 3.63) is 30.0 Å². The third-order valence-electron chi connectivity index (χ3n) is 8.04. The van der Waals surface area contributed by atoms with Gasteiger partial charge in [-0.1, -0.05) is 12.5 Å². The number of aliphatic hydroxyl groups is 1. The number of aromatic nitrogens is 1. The summed E-state index contributed by atoms with van der Waals surface area (Å²) >= 11 is 0. The first-order chi connectivity index (χ1) is 17.4. The second kappa shape index (κ2) is 9.93. The molecular formula is C26H32N4O6. The molecule has 0 radical (unpaired) electrons. The van der Waals surface area contributed by atoms with E-state index in [1.54, 1.807) is 18.1 Å². The number of H-pyrrole nitrogens is 1. The lowest BCUT2D eigenvalue weighted by molar-refractivity contribution is -0.133. The molecule has 3 aliphatic rings. The lowest BCUT2D eigenvalue weighted by Gasteiger charge is -2.29. The molecule has 0 bridgehead atoms. The molecule has 10 nitrogen and oxygen atoms in total. The first-order valence-electron chi connectivity index (χ1n) is 12.6. The number of ketones is 1. The van der Waals surface area contributed by atoms with Gasteiger partial charge in [-0.2, -0.15) is 0 Å². The van der Waals surface area contributed by atoms with Gasteiger partial charge in [-0.15, -0.1) is 0 Å². The highest BCUT2D eigenvalue weighted by molar-refractivity contribution is 6.02. The molecule has 3 unspecified atom stereocenters. The molecule has 1 saturated carbocycles. The zero-order valence-electron chi connectivity index (χ0n) is 20.3. The van der Waals surface area contributed by atoms with Crippen LogP contribution in [0.1, 0.15) is 42.6 Å². The number of carbonyl (C=O) groups excluding carboxylic acids is 4. The molecule has 3 heterocycles. The van der Waals surface area contributed by atoms with Crippen LogP contribution in [0.3, 0.4) is 0 Å². The Bertz CT molecular complexity index is 1190. The van der Waals surface area contributed by atoms with E-state index in [0.717, 1.165) is 30.2 Å². The van der Waals surface area contributed by atoms with Gasteiger partial charge in [-0.05, 0) is 55.7 Å². The van der Waals surface area contributed by atoms with E-state index in [2.05, 4.69) is 15.6 Å². The molecule has 1 aromatic heterocycles. The summed E-state index contributed by atoms with van der Waals surface area (Å²) in [5.74, 6) is -0.889. The smallest absolute Gasteiger partial charge is 0.271 e. The molecular weight excluding hydrogens is 464 g/mol. The first-order valence-corrected chi connectivity index (χ1v) is 12.6. The number of amides is 3. The standard InChI is InChI=1S/C26H32N4O6/c1-36-22-7-3-6-18-17(22)11-20(28-18)26(35)30-12-15-4-2-5-16(15)23(30)25(34)29-19(21(32)13-31)10-14-8-9-27-24(14)33/h3,6-7,11,14-16,19,23,28,31H,2,4-5,8-10,12-13H2,1H3,(H,27,33)(H,29,34)/t14-,15?,16?,19?,23-/m0/s1. The van der Waals surface area contributed by atoms with Gasteiger partial charge in [0.1, 0.15) is 24.1 Å². The molecule has 1 aliphatic carbocycles. The summed E-state index contributed by atoms with van der Waals surface area (Å²) in [7, 11) is 1.57. The number of ether oxygens (including phenoxy) is 1. The van der Waals surface area contributed by atoms with Crippen molar-refractivity contribution in [2.24, 2.45) is 17.8 Å². The lowest BCUT2D eigenvalue weighted by atomic mass is 9.92. The number of methoxy groups -OCH3 is 1. The minimum absolute atomic E-state index is 0.00696. The van der Waals surface area contributed by atoms with Crippen molar-refractivity contribution in [2.45, 2.75) is 44.2 Å². The van der Waals surface area contributed by atoms with E-state index in [9.17, 15) is 24.3 Å². The number of nitrogens with zero attached hydrogens (tertiary/aromatic N) is 1. The second-order valence-electron chi connectivity index (χ2n) is 10.1. The summed E-state index contributed by atoms with van der Waals surface area (Å²) in [4.78, 5) is 56.6. The van der Waals surface area contributed by atoms with Crippen LogP contribution >= 0.6 is 0 Å². The maximum atomic E-state index is 13.7. The topological polar surface area (TPSA) is 141 Å². The Labute approximate surface area is 208 Å². The average Bonchev–Trinajstić information content (AvgIpc) is 3.66. The molecule has 3 fully saturated rings. The monoisotopic (exact) mass is 496 g/mol. The van der Waals surface area contributed by atoms with Crippen molar-refractivity contribution in [1.82, 2.24) is 20.5 Å². The second-order valence-corrected chi connectivity index (χ2v) is 10.1. The molecule has 5 rings (SSSR count). The van der Waals surface area contributed by atoms with Crippen molar-refractivity contribution in [2.75, 3.05) is 26.8 Å². The number of hydrogen-bond donors (Lipinski definition) is 4. The van der Waals surface area contributed by atoms with Crippen molar-refractivity contribution >= 4 is 34.4 Å². The van der Waals surface area contributed by atoms with Gasteiger partial charge in [-0.3, -0.25) is 19.2 Å².